The molecule has 0 saturated carbocycles. The van der Waals surface area contributed by atoms with Gasteiger partial charge >= 0.3 is 0 Å². The summed E-state index contributed by atoms with van der Waals surface area (Å²) >= 11 is 0. The van der Waals surface area contributed by atoms with Crippen molar-refractivity contribution in [2.45, 2.75) is 63.3 Å². The maximum atomic E-state index is 13.1. The van der Waals surface area contributed by atoms with Gasteiger partial charge < -0.3 is 4.90 Å². The highest BCUT2D eigenvalue weighted by Crippen LogP contribution is 2.28. The van der Waals surface area contributed by atoms with Crippen LogP contribution in [-0.2, 0) is 17.8 Å². The van der Waals surface area contributed by atoms with Gasteiger partial charge in [-0.25, -0.2) is 4.98 Å². The van der Waals surface area contributed by atoms with Gasteiger partial charge in [0.2, 0.25) is 5.91 Å². The number of piperidine rings is 1. The predicted molar refractivity (Wildman–Crippen MR) is 125 cm³/mol. The Morgan fingerprint density at radius 3 is 2.69 bits per heavy atom. The molecule has 3 aliphatic heterocycles. The summed E-state index contributed by atoms with van der Waals surface area (Å²) in [6.07, 6.45) is 7.29. The first-order valence-electron chi connectivity index (χ1n) is 12.3. The van der Waals surface area contributed by atoms with E-state index in [-0.39, 0.29) is 17.4 Å². The topological polar surface area (TPSA) is 58.4 Å². The molecule has 2 fully saturated rings. The standard InChI is InChI=1S/C26H34N4O2/c31-25-16-23(27-24-11-5-2-6-14-30(24)25)22-10-7-13-29(18-22)26(32)19-28-15-12-21(17-28)20-8-3-1-4-9-20/h1,3-4,8-9,16,21-22H,2,5-7,10-15,17-19H2/t21-,22+/m0/s1. The fourth-order valence-electron chi connectivity index (χ4n) is 5.65. The molecule has 1 amide bonds. The van der Waals surface area contributed by atoms with Gasteiger partial charge in [0, 0.05) is 44.6 Å². The van der Waals surface area contributed by atoms with Crippen molar-refractivity contribution in [3.05, 3.63) is 63.8 Å². The summed E-state index contributed by atoms with van der Waals surface area (Å²) in [5, 5.41) is 0. The van der Waals surface area contributed by atoms with Crippen molar-refractivity contribution in [1.29, 1.82) is 0 Å². The van der Waals surface area contributed by atoms with Crippen LogP contribution in [0.3, 0.4) is 0 Å². The summed E-state index contributed by atoms with van der Waals surface area (Å²) < 4.78 is 1.86. The van der Waals surface area contributed by atoms with Gasteiger partial charge in [0.05, 0.1) is 12.2 Å². The van der Waals surface area contributed by atoms with Crippen LogP contribution in [0.5, 0.6) is 0 Å². The number of amides is 1. The van der Waals surface area contributed by atoms with Gasteiger partial charge in [-0.05, 0) is 50.1 Å². The third-order valence-corrected chi connectivity index (χ3v) is 7.48. The van der Waals surface area contributed by atoms with E-state index in [0.717, 1.165) is 82.6 Å². The highest BCUT2D eigenvalue weighted by Gasteiger charge is 2.30. The van der Waals surface area contributed by atoms with Crippen LogP contribution in [0, 0.1) is 0 Å². The molecule has 0 spiro atoms. The second-order valence-corrected chi connectivity index (χ2v) is 9.71. The quantitative estimate of drug-likeness (QED) is 0.742. The molecule has 0 N–H and O–H groups in total. The van der Waals surface area contributed by atoms with Crippen LogP contribution in [0.2, 0.25) is 0 Å². The molecule has 2 atom stereocenters. The van der Waals surface area contributed by atoms with E-state index in [1.54, 1.807) is 6.07 Å². The zero-order valence-corrected chi connectivity index (χ0v) is 18.9. The van der Waals surface area contributed by atoms with Crippen molar-refractivity contribution in [2.75, 3.05) is 32.7 Å². The molecule has 0 bridgehead atoms. The summed E-state index contributed by atoms with van der Waals surface area (Å²) in [6, 6.07) is 12.4. The lowest BCUT2D eigenvalue weighted by molar-refractivity contribution is -0.133. The Balaban J connectivity index is 1.22. The number of carbonyl (C=O) groups excluding carboxylic acids is 1. The molecule has 6 heteroatoms. The zero-order chi connectivity index (χ0) is 21.9. The van der Waals surface area contributed by atoms with Gasteiger partial charge in [0.15, 0.2) is 0 Å². The monoisotopic (exact) mass is 434 g/mol. The second-order valence-electron chi connectivity index (χ2n) is 9.71. The van der Waals surface area contributed by atoms with Gasteiger partial charge in [-0.3, -0.25) is 19.1 Å². The molecule has 170 valence electrons. The first-order chi connectivity index (χ1) is 15.7. The number of likely N-dealkylation sites (tertiary alicyclic amines) is 2. The minimum Gasteiger partial charge on any atom is -0.341 e. The van der Waals surface area contributed by atoms with E-state index >= 15 is 0 Å². The first-order valence-corrected chi connectivity index (χ1v) is 12.3. The molecular weight excluding hydrogens is 400 g/mol. The summed E-state index contributed by atoms with van der Waals surface area (Å²) in [6.45, 7) is 4.72. The van der Waals surface area contributed by atoms with Crippen molar-refractivity contribution in [1.82, 2.24) is 19.4 Å². The smallest absolute Gasteiger partial charge is 0.253 e. The van der Waals surface area contributed by atoms with Crippen LogP contribution in [-0.4, -0.2) is 58.0 Å². The largest absolute Gasteiger partial charge is 0.341 e. The van der Waals surface area contributed by atoms with Crippen molar-refractivity contribution >= 4 is 5.91 Å². The van der Waals surface area contributed by atoms with E-state index in [0.29, 0.717) is 19.0 Å². The Kier molecular flexibility index (Phi) is 6.39. The predicted octanol–water partition coefficient (Wildman–Crippen LogP) is 3.17. The van der Waals surface area contributed by atoms with Gasteiger partial charge in [0.25, 0.3) is 5.56 Å². The van der Waals surface area contributed by atoms with Crippen molar-refractivity contribution < 1.29 is 4.79 Å². The molecule has 3 aliphatic rings. The molecule has 2 aromatic rings. The number of carbonyl (C=O) groups is 1. The number of nitrogens with zero attached hydrogens (tertiary/aromatic N) is 4. The second kappa shape index (κ2) is 9.57. The number of hydrogen-bond acceptors (Lipinski definition) is 4. The highest BCUT2D eigenvalue weighted by molar-refractivity contribution is 5.78. The number of hydrogen-bond donors (Lipinski definition) is 0. The summed E-state index contributed by atoms with van der Waals surface area (Å²) in [5.41, 5.74) is 2.35. The molecule has 4 heterocycles. The van der Waals surface area contributed by atoms with Gasteiger partial charge in [0.1, 0.15) is 5.82 Å². The minimum atomic E-state index is 0.0828. The van der Waals surface area contributed by atoms with Gasteiger partial charge in [-0.15, -0.1) is 0 Å². The third-order valence-electron chi connectivity index (χ3n) is 7.48. The van der Waals surface area contributed by atoms with E-state index in [1.165, 1.54) is 5.56 Å². The molecule has 1 aromatic carbocycles. The summed E-state index contributed by atoms with van der Waals surface area (Å²) in [7, 11) is 0. The molecule has 0 unspecified atom stereocenters. The molecule has 0 aliphatic carbocycles. The Hall–Kier alpha value is -2.47. The third kappa shape index (κ3) is 4.65. The van der Waals surface area contributed by atoms with E-state index in [2.05, 4.69) is 35.2 Å². The Bertz CT molecular complexity index is 1000. The van der Waals surface area contributed by atoms with Gasteiger partial charge in [-0.2, -0.15) is 0 Å². The zero-order valence-electron chi connectivity index (χ0n) is 18.9. The fraction of sp³-hybridized carbons (Fsp3) is 0.577. The SMILES string of the molecule is O=C(CN1CC[C@H](c2ccccc2)C1)N1CCC[C@@H](c2cc(=O)n3c(n2)CCCCC3)C1. The summed E-state index contributed by atoms with van der Waals surface area (Å²) in [5.74, 6) is 1.85. The van der Waals surface area contributed by atoms with Crippen LogP contribution in [0.1, 0.15) is 67.4 Å². The number of aromatic nitrogens is 2. The average molecular weight is 435 g/mol. The number of benzene rings is 1. The molecular formula is C26H34N4O2. The van der Waals surface area contributed by atoms with Crippen LogP contribution in [0.15, 0.2) is 41.2 Å². The van der Waals surface area contributed by atoms with Crippen LogP contribution < -0.4 is 5.56 Å². The lowest BCUT2D eigenvalue weighted by Gasteiger charge is -2.33. The van der Waals surface area contributed by atoms with E-state index in [1.807, 2.05) is 9.47 Å². The Labute approximate surface area is 190 Å². The van der Waals surface area contributed by atoms with E-state index in [9.17, 15) is 9.59 Å². The Morgan fingerprint density at radius 2 is 1.81 bits per heavy atom. The average Bonchev–Trinajstić information content (AvgIpc) is 3.15. The van der Waals surface area contributed by atoms with Crippen LogP contribution in [0.4, 0.5) is 0 Å². The van der Waals surface area contributed by atoms with Crippen molar-refractivity contribution in [3.63, 3.8) is 0 Å². The molecule has 32 heavy (non-hydrogen) atoms. The maximum absolute atomic E-state index is 13.1. The molecule has 2 saturated heterocycles. The normalized spacial score (nSPS) is 24.2. The lowest BCUT2D eigenvalue weighted by Crippen LogP contribution is -2.44. The lowest BCUT2D eigenvalue weighted by atomic mass is 9.94. The molecule has 5 rings (SSSR count). The Morgan fingerprint density at radius 1 is 0.938 bits per heavy atom. The first kappa shape index (κ1) is 21.4. The van der Waals surface area contributed by atoms with E-state index < -0.39 is 0 Å². The van der Waals surface area contributed by atoms with Crippen molar-refractivity contribution in [3.8, 4) is 0 Å². The number of rotatable bonds is 4. The summed E-state index contributed by atoms with van der Waals surface area (Å²) in [4.78, 5) is 35.1. The number of fused-ring (bicyclic) bond motifs is 1. The fourth-order valence-corrected chi connectivity index (χ4v) is 5.65. The number of aryl methyl sites for hydroxylation is 1. The van der Waals surface area contributed by atoms with Gasteiger partial charge in [-0.1, -0.05) is 36.8 Å². The molecule has 0 radical (unpaired) electrons. The minimum absolute atomic E-state index is 0.0828. The highest BCUT2D eigenvalue weighted by atomic mass is 16.2. The van der Waals surface area contributed by atoms with Crippen LogP contribution in [0.25, 0.3) is 0 Å². The van der Waals surface area contributed by atoms with Crippen LogP contribution >= 0.6 is 0 Å². The molecule has 1 aromatic heterocycles. The van der Waals surface area contributed by atoms with Crippen molar-refractivity contribution in [2.24, 2.45) is 0 Å². The molecule has 6 nitrogen and oxygen atoms in total. The van der Waals surface area contributed by atoms with E-state index in [4.69, 9.17) is 4.98 Å². The maximum Gasteiger partial charge on any atom is 0.253 e.